The molecule has 0 saturated heterocycles. The van der Waals surface area contributed by atoms with E-state index in [0.717, 1.165) is 24.1 Å². The lowest BCUT2D eigenvalue weighted by Crippen LogP contribution is -2.19. The van der Waals surface area contributed by atoms with Gasteiger partial charge in [-0.25, -0.2) is 9.37 Å². The minimum atomic E-state index is -0.286. The lowest BCUT2D eigenvalue weighted by Gasteiger charge is -2.17. The number of unbranched alkanes of at least 4 members (excludes halogenated alkanes) is 2. The fourth-order valence-electron chi connectivity index (χ4n) is 1.33. The highest BCUT2D eigenvalue weighted by Crippen LogP contribution is 2.10. The fourth-order valence-corrected chi connectivity index (χ4v) is 1.73. The topological polar surface area (TPSA) is 16.1 Å². The third kappa shape index (κ3) is 4.60. The fraction of sp³-hybridized carbons (Fsp3) is 0.545. The van der Waals surface area contributed by atoms with Crippen molar-refractivity contribution in [2.24, 2.45) is 0 Å². The summed E-state index contributed by atoms with van der Waals surface area (Å²) in [6, 6.07) is 3.15. The minimum Gasteiger partial charge on any atom is -0.360 e. The number of aromatic nitrogens is 1. The molecule has 0 unspecified atom stereocenters. The van der Waals surface area contributed by atoms with Gasteiger partial charge in [0.1, 0.15) is 11.6 Å². The molecule has 1 aromatic rings. The van der Waals surface area contributed by atoms with Gasteiger partial charge in [0, 0.05) is 18.9 Å². The summed E-state index contributed by atoms with van der Waals surface area (Å²) in [5.74, 6) is 0.543. The standard InChI is InChI=1S/C11H16BrFN2/c1-15(8-4-2-3-7-12)11-6-5-10(13)9-14-11/h5-6,9H,2-4,7-8H2,1H3. The van der Waals surface area contributed by atoms with Gasteiger partial charge in [-0.05, 0) is 25.0 Å². The van der Waals surface area contributed by atoms with Crippen LogP contribution in [0, 0.1) is 5.82 Å². The molecule has 1 rings (SSSR count). The van der Waals surface area contributed by atoms with Crippen molar-refractivity contribution < 1.29 is 4.39 Å². The van der Waals surface area contributed by atoms with E-state index in [1.807, 2.05) is 11.9 Å². The molecule has 0 aliphatic rings. The van der Waals surface area contributed by atoms with Crippen LogP contribution in [0.25, 0.3) is 0 Å². The van der Waals surface area contributed by atoms with Gasteiger partial charge in [0.2, 0.25) is 0 Å². The van der Waals surface area contributed by atoms with Crippen LogP contribution in [0.5, 0.6) is 0 Å². The Hall–Kier alpha value is -0.640. The molecule has 0 saturated carbocycles. The Balaban J connectivity index is 2.33. The molecule has 0 atom stereocenters. The van der Waals surface area contributed by atoms with E-state index in [0.29, 0.717) is 0 Å². The summed E-state index contributed by atoms with van der Waals surface area (Å²) in [4.78, 5) is 6.07. The molecule has 0 spiro atoms. The number of alkyl halides is 1. The molecule has 0 aliphatic heterocycles. The van der Waals surface area contributed by atoms with E-state index >= 15 is 0 Å². The number of nitrogens with zero attached hydrogens (tertiary/aromatic N) is 2. The maximum atomic E-state index is 12.6. The van der Waals surface area contributed by atoms with Gasteiger partial charge in [-0.15, -0.1) is 0 Å². The van der Waals surface area contributed by atoms with Gasteiger partial charge in [0.05, 0.1) is 6.20 Å². The first kappa shape index (κ1) is 12.4. The summed E-state index contributed by atoms with van der Waals surface area (Å²) >= 11 is 3.40. The van der Waals surface area contributed by atoms with Gasteiger partial charge >= 0.3 is 0 Å². The van der Waals surface area contributed by atoms with Gasteiger partial charge in [-0.1, -0.05) is 22.4 Å². The van der Waals surface area contributed by atoms with Gasteiger partial charge < -0.3 is 4.90 Å². The Morgan fingerprint density at radius 1 is 1.33 bits per heavy atom. The zero-order valence-electron chi connectivity index (χ0n) is 8.92. The highest BCUT2D eigenvalue weighted by atomic mass is 79.9. The maximum Gasteiger partial charge on any atom is 0.141 e. The first-order valence-corrected chi connectivity index (χ1v) is 6.25. The third-order valence-corrected chi connectivity index (χ3v) is 2.79. The largest absolute Gasteiger partial charge is 0.360 e. The molecule has 2 nitrogen and oxygen atoms in total. The zero-order chi connectivity index (χ0) is 11.1. The molecular weight excluding hydrogens is 259 g/mol. The van der Waals surface area contributed by atoms with Crippen LogP contribution in [0.3, 0.4) is 0 Å². The zero-order valence-corrected chi connectivity index (χ0v) is 10.5. The number of anilines is 1. The quantitative estimate of drug-likeness (QED) is 0.585. The normalized spacial score (nSPS) is 10.3. The molecule has 0 N–H and O–H groups in total. The molecule has 0 amide bonds. The molecular formula is C11H16BrFN2. The van der Waals surface area contributed by atoms with Crippen molar-refractivity contribution in [1.29, 1.82) is 0 Å². The Bertz CT molecular complexity index is 276. The minimum absolute atomic E-state index is 0.286. The van der Waals surface area contributed by atoms with Crippen LogP contribution in [0.1, 0.15) is 19.3 Å². The van der Waals surface area contributed by atoms with Gasteiger partial charge in [-0.2, -0.15) is 0 Å². The number of hydrogen-bond donors (Lipinski definition) is 0. The Labute approximate surface area is 98.6 Å². The van der Waals surface area contributed by atoms with Crippen LogP contribution in [0.4, 0.5) is 10.2 Å². The lowest BCUT2D eigenvalue weighted by atomic mass is 10.2. The van der Waals surface area contributed by atoms with Gasteiger partial charge in [0.15, 0.2) is 0 Å². The van der Waals surface area contributed by atoms with Crippen molar-refractivity contribution in [3.63, 3.8) is 0 Å². The van der Waals surface area contributed by atoms with E-state index < -0.39 is 0 Å². The molecule has 0 fully saturated rings. The first-order chi connectivity index (χ1) is 7.24. The molecule has 15 heavy (non-hydrogen) atoms. The molecule has 0 radical (unpaired) electrons. The second-order valence-electron chi connectivity index (χ2n) is 3.51. The van der Waals surface area contributed by atoms with Crippen molar-refractivity contribution >= 4 is 21.7 Å². The highest BCUT2D eigenvalue weighted by molar-refractivity contribution is 9.09. The highest BCUT2D eigenvalue weighted by Gasteiger charge is 2.01. The number of halogens is 2. The number of rotatable bonds is 6. The summed E-state index contributed by atoms with van der Waals surface area (Å²) in [5, 5.41) is 1.06. The second kappa shape index (κ2) is 6.77. The summed E-state index contributed by atoms with van der Waals surface area (Å²) in [5.41, 5.74) is 0. The molecule has 84 valence electrons. The maximum absolute atomic E-state index is 12.6. The van der Waals surface area contributed by atoms with Crippen LogP contribution in [-0.4, -0.2) is 23.9 Å². The summed E-state index contributed by atoms with van der Waals surface area (Å²) in [6.45, 7) is 0.964. The van der Waals surface area contributed by atoms with Crippen LogP contribution in [-0.2, 0) is 0 Å². The lowest BCUT2D eigenvalue weighted by molar-refractivity contribution is 0.620. The predicted molar refractivity (Wildman–Crippen MR) is 65.1 cm³/mol. The monoisotopic (exact) mass is 274 g/mol. The van der Waals surface area contributed by atoms with Crippen molar-refractivity contribution in [3.8, 4) is 0 Å². The van der Waals surface area contributed by atoms with Crippen LogP contribution in [0.2, 0.25) is 0 Å². The second-order valence-corrected chi connectivity index (χ2v) is 4.30. The Kier molecular flexibility index (Phi) is 5.61. The van der Waals surface area contributed by atoms with E-state index in [1.54, 1.807) is 6.07 Å². The average molecular weight is 275 g/mol. The Morgan fingerprint density at radius 2 is 2.13 bits per heavy atom. The van der Waals surface area contributed by atoms with Crippen molar-refractivity contribution in [1.82, 2.24) is 4.98 Å². The summed E-state index contributed by atoms with van der Waals surface area (Å²) < 4.78 is 12.6. The first-order valence-electron chi connectivity index (χ1n) is 5.12. The number of hydrogen-bond acceptors (Lipinski definition) is 2. The summed E-state index contributed by atoms with van der Waals surface area (Å²) in [7, 11) is 1.98. The molecule has 0 aromatic carbocycles. The van der Waals surface area contributed by atoms with Gasteiger partial charge in [-0.3, -0.25) is 0 Å². The van der Waals surface area contributed by atoms with Gasteiger partial charge in [0.25, 0.3) is 0 Å². The molecule has 0 bridgehead atoms. The molecule has 1 aromatic heterocycles. The smallest absolute Gasteiger partial charge is 0.141 e. The molecule has 1 heterocycles. The van der Waals surface area contributed by atoms with E-state index in [9.17, 15) is 4.39 Å². The van der Waals surface area contributed by atoms with Crippen LogP contribution in [0.15, 0.2) is 18.3 Å². The van der Waals surface area contributed by atoms with Crippen LogP contribution < -0.4 is 4.90 Å². The van der Waals surface area contributed by atoms with Crippen molar-refractivity contribution in [3.05, 3.63) is 24.1 Å². The summed E-state index contributed by atoms with van der Waals surface area (Å²) in [6.07, 6.45) is 4.80. The van der Waals surface area contributed by atoms with E-state index in [1.165, 1.54) is 25.1 Å². The van der Waals surface area contributed by atoms with E-state index in [2.05, 4.69) is 20.9 Å². The average Bonchev–Trinajstić information content (AvgIpc) is 2.25. The van der Waals surface area contributed by atoms with Crippen molar-refractivity contribution in [2.45, 2.75) is 19.3 Å². The van der Waals surface area contributed by atoms with Crippen LogP contribution >= 0.6 is 15.9 Å². The Morgan fingerprint density at radius 3 is 2.73 bits per heavy atom. The molecule has 0 aliphatic carbocycles. The predicted octanol–water partition coefficient (Wildman–Crippen LogP) is 3.22. The van der Waals surface area contributed by atoms with E-state index in [-0.39, 0.29) is 5.82 Å². The SMILES string of the molecule is CN(CCCCCBr)c1ccc(F)cn1. The van der Waals surface area contributed by atoms with Crippen molar-refractivity contribution in [2.75, 3.05) is 23.8 Å². The molecule has 4 heteroatoms. The van der Waals surface area contributed by atoms with E-state index in [4.69, 9.17) is 0 Å². The third-order valence-electron chi connectivity index (χ3n) is 2.23. The number of pyridine rings is 1.